The minimum atomic E-state index is 0.686. The first-order chi connectivity index (χ1) is 34.7. The maximum atomic E-state index is 6.61. The van der Waals surface area contributed by atoms with Crippen molar-refractivity contribution in [3.05, 3.63) is 243 Å². The van der Waals surface area contributed by atoms with Crippen LogP contribution >= 0.6 is 0 Å². The third-order valence-electron chi connectivity index (χ3n) is 13.8. The van der Waals surface area contributed by atoms with E-state index >= 15 is 0 Å². The minimum Gasteiger partial charge on any atom is -0.456 e. The Morgan fingerprint density at radius 3 is 1.46 bits per heavy atom. The molecule has 0 N–H and O–H groups in total. The van der Waals surface area contributed by atoms with Crippen molar-refractivity contribution in [3.63, 3.8) is 0 Å². The van der Waals surface area contributed by atoms with Crippen molar-refractivity contribution in [1.29, 1.82) is 0 Å². The highest BCUT2D eigenvalue weighted by Gasteiger charge is 2.22. The molecule has 0 saturated carbocycles. The summed E-state index contributed by atoms with van der Waals surface area (Å²) in [4.78, 5) is 15.6. The van der Waals surface area contributed by atoms with Crippen LogP contribution in [0.3, 0.4) is 0 Å². The van der Waals surface area contributed by atoms with Crippen LogP contribution in [0.2, 0.25) is 0 Å². The van der Waals surface area contributed by atoms with Crippen LogP contribution in [0.1, 0.15) is 0 Å². The van der Waals surface area contributed by atoms with E-state index in [-0.39, 0.29) is 0 Å². The molecule has 4 heterocycles. The van der Waals surface area contributed by atoms with E-state index < -0.39 is 0 Å². The topological polar surface area (TPSA) is 56.7 Å². The van der Waals surface area contributed by atoms with Gasteiger partial charge in [0, 0.05) is 71.2 Å². The van der Waals surface area contributed by atoms with E-state index in [2.05, 4.69) is 223 Å². The number of furan rings is 1. The molecule has 14 aromatic rings. The fraction of sp³-hybridized carbons (Fsp3) is 0. The van der Waals surface area contributed by atoms with Gasteiger partial charge in [0.05, 0.1) is 33.6 Å². The third kappa shape index (κ3) is 6.51. The van der Waals surface area contributed by atoms with Gasteiger partial charge >= 0.3 is 0 Å². The molecular formula is C65H40N4O. The number of nitrogens with zero attached hydrogens (tertiary/aromatic N) is 4. The summed E-state index contributed by atoms with van der Waals surface area (Å²) in [5, 5.41) is 8.06. The molecule has 0 aliphatic rings. The maximum absolute atomic E-state index is 6.61. The van der Waals surface area contributed by atoms with Gasteiger partial charge in [-0.1, -0.05) is 194 Å². The van der Waals surface area contributed by atoms with Gasteiger partial charge in [-0.25, -0.2) is 15.0 Å². The van der Waals surface area contributed by atoms with Gasteiger partial charge in [0.2, 0.25) is 0 Å². The van der Waals surface area contributed by atoms with Crippen molar-refractivity contribution < 1.29 is 4.42 Å². The van der Waals surface area contributed by atoms with Crippen molar-refractivity contribution >= 4 is 65.4 Å². The first-order valence-electron chi connectivity index (χ1n) is 23.7. The number of hydrogen-bond donors (Lipinski definition) is 0. The Labute approximate surface area is 403 Å². The molecule has 0 aliphatic heterocycles. The molecule has 0 amide bonds. The lowest BCUT2D eigenvalue weighted by Gasteiger charge is -2.16. The predicted octanol–water partition coefficient (Wildman–Crippen LogP) is 17.2. The molecule has 0 saturated heterocycles. The van der Waals surface area contributed by atoms with E-state index in [4.69, 9.17) is 19.4 Å². The van der Waals surface area contributed by atoms with Crippen LogP contribution in [-0.4, -0.2) is 19.5 Å². The molecule has 0 aliphatic carbocycles. The van der Waals surface area contributed by atoms with Gasteiger partial charge in [0.15, 0.2) is 5.82 Å². The van der Waals surface area contributed by atoms with E-state index in [9.17, 15) is 0 Å². The van der Waals surface area contributed by atoms with E-state index in [1.54, 1.807) is 0 Å². The molecule has 0 unspecified atom stereocenters. The third-order valence-corrected chi connectivity index (χ3v) is 13.8. The standard InChI is InChI=1S/C65H40N4O/c1-3-15-45(16-4-1)61-62-51-21-7-11-23-54(51)66-64(53(62)39-60-63(61)52-22-10-14-26-59(52)70-60)46-33-29-42(30-34-46)41-27-31-43(32-28-41)55-40-56(68-65(67-55)47-17-5-2-6-18-47)44-35-37-48(38-36-44)69-57-24-12-8-19-49(57)50-20-9-13-25-58(50)69/h1-40H. The van der Waals surface area contributed by atoms with Crippen molar-refractivity contribution in [3.8, 4) is 73.1 Å². The van der Waals surface area contributed by atoms with Crippen LogP contribution in [0.25, 0.3) is 139 Å². The van der Waals surface area contributed by atoms with Crippen molar-refractivity contribution in [2.45, 2.75) is 0 Å². The molecular weight excluding hydrogens is 853 g/mol. The Balaban J connectivity index is 0.831. The second-order valence-corrected chi connectivity index (χ2v) is 17.9. The van der Waals surface area contributed by atoms with Crippen LogP contribution < -0.4 is 0 Å². The Morgan fingerprint density at radius 1 is 0.314 bits per heavy atom. The van der Waals surface area contributed by atoms with Gasteiger partial charge < -0.3 is 8.98 Å². The minimum absolute atomic E-state index is 0.686. The van der Waals surface area contributed by atoms with Crippen LogP contribution in [0, 0.1) is 0 Å². The van der Waals surface area contributed by atoms with Crippen LogP contribution in [-0.2, 0) is 0 Å². The lowest BCUT2D eigenvalue weighted by Crippen LogP contribution is -1.97. The SMILES string of the molecule is c1ccc(-c2nc(-c3ccc(-c4ccc(-c5nc6ccccc6c6c(-c7ccccc7)c7c(cc56)oc5ccccc57)cc4)cc3)cc(-c3ccc(-n4c5ccccc5c5ccccc54)cc3)n2)cc1. The Hall–Kier alpha value is -9.45. The van der Waals surface area contributed by atoms with Crippen LogP contribution in [0.15, 0.2) is 247 Å². The fourth-order valence-electron chi connectivity index (χ4n) is 10.5. The zero-order chi connectivity index (χ0) is 46.1. The molecule has 70 heavy (non-hydrogen) atoms. The zero-order valence-corrected chi connectivity index (χ0v) is 37.8. The molecule has 0 atom stereocenters. The summed E-state index contributed by atoms with van der Waals surface area (Å²) in [5.41, 5.74) is 17.4. The van der Waals surface area contributed by atoms with Crippen LogP contribution in [0.5, 0.6) is 0 Å². The average molecular weight is 893 g/mol. The number of fused-ring (bicyclic) bond motifs is 9. The summed E-state index contributed by atoms with van der Waals surface area (Å²) in [7, 11) is 0. The number of pyridine rings is 1. The number of rotatable bonds is 7. The number of aromatic nitrogens is 4. The zero-order valence-electron chi connectivity index (χ0n) is 37.8. The molecule has 326 valence electrons. The van der Waals surface area contributed by atoms with E-state index in [0.29, 0.717) is 5.82 Å². The molecule has 14 rings (SSSR count). The summed E-state index contributed by atoms with van der Waals surface area (Å²) in [5.74, 6) is 0.686. The Morgan fingerprint density at radius 2 is 0.814 bits per heavy atom. The number of para-hydroxylation sites is 4. The van der Waals surface area contributed by atoms with Crippen molar-refractivity contribution in [1.82, 2.24) is 19.5 Å². The predicted molar refractivity (Wildman–Crippen MR) is 289 cm³/mol. The summed E-state index contributed by atoms with van der Waals surface area (Å²) in [6.45, 7) is 0. The number of benzene rings is 10. The lowest BCUT2D eigenvalue weighted by molar-refractivity contribution is 0.669. The second kappa shape index (κ2) is 16.1. The van der Waals surface area contributed by atoms with Gasteiger partial charge in [-0.05, 0) is 65.2 Å². The summed E-state index contributed by atoms with van der Waals surface area (Å²) < 4.78 is 8.95. The molecule has 0 fully saturated rings. The van der Waals surface area contributed by atoms with Gasteiger partial charge in [0.1, 0.15) is 11.2 Å². The molecule has 0 radical (unpaired) electrons. The summed E-state index contributed by atoms with van der Waals surface area (Å²) in [6.07, 6.45) is 0. The molecule has 4 aromatic heterocycles. The largest absolute Gasteiger partial charge is 0.456 e. The molecule has 0 bridgehead atoms. The smallest absolute Gasteiger partial charge is 0.160 e. The highest BCUT2D eigenvalue weighted by molar-refractivity contribution is 6.27. The number of hydrogen-bond acceptors (Lipinski definition) is 4. The Bertz CT molecular complexity index is 4260. The molecule has 5 heteroatoms. The van der Waals surface area contributed by atoms with Gasteiger partial charge in [0.25, 0.3) is 0 Å². The lowest BCUT2D eigenvalue weighted by atomic mass is 9.89. The molecule has 10 aromatic carbocycles. The van der Waals surface area contributed by atoms with E-state index in [0.717, 1.165) is 106 Å². The second-order valence-electron chi connectivity index (χ2n) is 17.9. The fourth-order valence-corrected chi connectivity index (χ4v) is 10.5. The monoisotopic (exact) mass is 892 g/mol. The Kier molecular flexibility index (Phi) is 9.14. The van der Waals surface area contributed by atoms with Crippen LogP contribution in [0.4, 0.5) is 0 Å². The van der Waals surface area contributed by atoms with Crippen molar-refractivity contribution in [2.75, 3.05) is 0 Å². The molecule has 0 spiro atoms. The summed E-state index contributed by atoms with van der Waals surface area (Å²) >= 11 is 0. The first-order valence-corrected chi connectivity index (χ1v) is 23.7. The highest BCUT2D eigenvalue weighted by Crippen LogP contribution is 2.46. The van der Waals surface area contributed by atoms with Gasteiger partial charge in [-0.2, -0.15) is 0 Å². The van der Waals surface area contributed by atoms with E-state index in [1.165, 1.54) is 27.2 Å². The highest BCUT2D eigenvalue weighted by atomic mass is 16.3. The van der Waals surface area contributed by atoms with E-state index in [1.807, 2.05) is 24.3 Å². The first kappa shape index (κ1) is 39.7. The average Bonchev–Trinajstić information content (AvgIpc) is 3.98. The quantitative estimate of drug-likeness (QED) is 0.150. The van der Waals surface area contributed by atoms with Gasteiger partial charge in [-0.15, -0.1) is 0 Å². The summed E-state index contributed by atoms with van der Waals surface area (Å²) in [6, 6.07) is 85.5. The van der Waals surface area contributed by atoms with Crippen molar-refractivity contribution in [2.24, 2.45) is 0 Å². The maximum Gasteiger partial charge on any atom is 0.160 e. The molecule has 5 nitrogen and oxygen atoms in total. The van der Waals surface area contributed by atoms with Gasteiger partial charge in [-0.3, -0.25) is 0 Å². The normalized spacial score (nSPS) is 11.7.